The molecule has 0 bridgehead atoms. The molecule has 0 atom stereocenters. The van der Waals surface area contributed by atoms with Crippen LogP contribution in [0.4, 0.5) is 0 Å². The predicted octanol–water partition coefficient (Wildman–Crippen LogP) is 3.96. The molecule has 0 aromatic heterocycles. The van der Waals surface area contributed by atoms with Gasteiger partial charge in [0, 0.05) is 5.56 Å². The highest BCUT2D eigenvalue weighted by Crippen LogP contribution is 2.27. The van der Waals surface area contributed by atoms with Crippen molar-refractivity contribution in [1.29, 1.82) is 0 Å². The second-order valence-electron chi connectivity index (χ2n) is 4.14. The summed E-state index contributed by atoms with van der Waals surface area (Å²) in [5, 5.41) is 0. The smallest absolute Gasteiger partial charge is 0.150 e. The van der Waals surface area contributed by atoms with E-state index >= 15 is 0 Å². The van der Waals surface area contributed by atoms with Gasteiger partial charge in [-0.1, -0.05) is 42.5 Å². The maximum absolute atomic E-state index is 11.1. The van der Waals surface area contributed by atoms with Gasteiger partial charge in [0.05, 0.1) is 7.11 Å². The first-order valence-electron chi connectivity index (χ1n) is 6.15. The summed E-state index contributed by atoms with van der Waals surface area (Å²) < 4.78 is 5.16. The molecule has 0 heterocycles. The monoisotopic (exact) mass is 252 g/mol. The van der Waals surface area contributed by atoms with Gasteiger partial charge in [0.2, 0.25) is 0 Å². The fourth-order valence-corrected chi connectivity index (χ4v) is 2.09. The molecular weight excluding hydrogens is 236 g/mol. The minimum Gasteiger partial charge on any atom is -0.497 e. The Morgan fingerprint density at radius 3 is 2.32 bits per heavy atom. The Kier molecular flexibility index (Phi) is 4.14. The first kappa shape index (κ1) is 13.1. The van der Waals surface area contributed by atoms with Crippen LogP contribution in [0.5, 0.6) is 5.75 Å². The highest BCUT2D eigenvalue weighted by atomic mass is 16.5. The van der Waals surface area contributed by atoms with E-state index in [9.17, 15) is 4.79 Å². The van der Waals surface area contributed by atoms with Gasteiger partial charge in [0.15, 0.2) is 6.29 Å². The Hall–Kier alpha value is -2.35. The summed E-state index contributed by atoms with van der Waals surface area (Å²) in [6.45, 7) is 1.97. The second-order valence-corrected chi connectivity index (χ2v) is 4.14. The molecule has 2 nitrogen and oxygen atoms in total. The molecule has 0 amide bonds. The molecule has 96 valence electrons. The van der Waals surface area contributed by atoms with Gasteiger partial charge < -0.3 is 4.74 Å². The molecule has 19 heavy (non-hydrogen) atoms. The van der Waals surface area contributed by atoms with Crippen molar-refractivity contribution >= 4 is 11.9 Å². The van der Waals surface area contributed by atoms with Crippen molar-refractivity contribution in [2.75, 3.05) is 7.11 Å². The normalized spacial score (nSPS) is 11.2. The summed E-state index contributed by atoms with van der Waals surface area (Å²) in [7, 11) is 1.65. The topological polar surface area (TPSA) is 26.3 Å². The van der Waals surface area contributed by atoms with E-state index < -0.39 is 0 Å². The lowest BCUT2D eigenvalue weighted by molar-refractivity contribution is 0.112. The first-order valence-corrected chi connectivity index (χ1v) is 6.15. The number of rotatable bonds is 4. The standard InChI is InChI=1S/C17H16O2/c1-3-16(13-8-10-15(19-2)11-9-13)17-7-5-4-6-14(17)12-18/h3-12H,1-2H3. The summed E-state index contributed by atoms with van der Waals surface area (Å²) >= 11 is 0. The molecule has 0 saturated carbocycles. The molecule has 2 aromatic rings. The van der Waals surface area contributed by atoms with Crippen molar-refractivity contribution in [1.82, 2.24) is 0 Å². The van der Waals surface area contributed by atoms with Crippen LogP contribution in [0.3, 0.4) is 0 Å². The first-order chi connectivity index (χ1) is 9.30. The van der Waals surface area contributed by atoms with E-state index in [4.69, 9.17) is 4.74 Å². The van der Waals surface area contributed by atoms with Crippen molar-refractivity contribution in [3.05, 3.63) is 71.3 Å². The molecule has 0 fully saturated rings. The zero-order valence-corrected chi connectivity index (χ0v) is 11.1. The van der Waals surface area contributed by atoms with E-state index in [2.05, 4.69) is 0 Å². The third-order valence-electron chi connectivity index (χ3n) is 3.07. The number of benzene rings is 2. The third kappa shape index (κ3) is 2.74. The number of aldehydes is 1. The van der Waals surface area contributed by atoms with Crippen LogP contribution >= 0.6 is 0 Å². The lowest BCUT2D eigenvalue weighted by Gasteiger charge is -2.10. The highest BCUT2D eigenvalue weighted by molar-refractivity contribution is 5.90. The van der Waals surface area contributed by atoms with Crippen molar-refractivity contribution in [2.24, 2.45) is 0 Å². The average molecular weight is 252 g/mol. The quantitative estimate of drug-likeness (QED) is 0.770. The number of ether oxygens (including phenoxy) is 1. The van der Waals surface area contributed by atoms with E-state index in [1.54, 1.807) is 7.11 Å². The van der Waals surface area contributed by atoms with Crippen molar-refractivity contribution in [2.45, 2.75) is 6.92 Å². The third-order valence-corrected chi connectivity index (χ3v) is 3.07. The fourth-order valence-electron chi connectivity index (χ4n) is 2.09. The molecule has 2 aromatic carbocycles. The zero-order chi connectivity index (χ0) is 13.7. The van der Waals surface area contributed by atoms with Gasteiger partial charge in [0.1, 0.15) is 5.75 Å². The average Bonchev–Trinajstić information content (AvgIpc) is 2.49. The molecule has 0 N–H and O–H groups in total. The summed E-state index contributed by atoms with van der Waals surface area (Å²) in [5.74, 6) is 0.822. The minimum absolute atomic E-state index is 0.700. The number of methoxy groups -OCH3 is 1. The van der Waals surface area contributed by atoms with Gasteiger partial charge in [-0.2, -0.15) is 0 Å². The van der Waals surface area contributed by atoms with Gasteiger partial charge in [-0.15, -0.1) is 0 Å². The van der Waals surface area contributed by atoms with Gasteiger partial charge in [-0.3, -0.25) is 4.79 Å². The summed E-state index contributed by atoms with van der Waals surface area (Å²) in [5.41, 5.74) is 3.76. The van der Waals surface area contributed by atoms with Crippen molar-refractivity contribution < 1.29 is 9.53 Å². The van der Waals surface area contributed by atoms with E-state index in [1.165, 1.54) is 0 Å². The fraction of sp³-hybridized carbons (Fsp3) is 0.118. The Morgan fingerprint density at radius 2 is 1.74 bits per heavy atom. The van der Waals surface area contributed by atoms with Gasteiger partial charge in [-0.25, -0.2) is 0 Å². The van der Waals surface area contributed by atoms with Crippen LogP contribution in [0.2, 0.25) is 0 Å². The van der Waals surface area contributed by atoms with Crippen LogP contribution in [0.1, 0.15) is 28.4 Å². The molecule has 0 aliphatic rings. The van der Waals surface area contributed by atoms with E-state index in [1.807, 2.05) is 61.5 Å². The van der Waals surface area contributed by atoms with Gasteiger partial charge >= 0.3 is 0 Å². The van der Waals surface area contributed by atoms with Crippen LogP contribution in [-0.4, -0.2) is 13.4 Å². The van der Waals surface area contributed by atoms with Crippen LogP contribution in [-0.2, 0) is 0 Å². The SMILES string of the molecule is CC=C(c1ccc(OC)cc1)c1ccccc1C=O. The van der Waals surface area contributed by atoms with Gasteiger partial charge in [0.25, 0.3) is 0 Å². The summed E-state index contributed by atoms with van der Waals surface area (Å²) in [4.78, 5) is 11.1. The minimum atomic E-state index is 0.700. The molecular formula is C17H16O2. The number of hydrogen-bond donors (Lipinski definition) is 0. The highest BCUT2D eigenvalue weighted by Gasteiger charge is 2.08. The van der Waals surface area contributed by atoms with E-state index in [-0.39, 0.29) is 0 Å². The maximum Gasteiger partial charge on any atom is 0.150 e. The Balaban J connectivity index is 2.47. The van der Waals surface area contributed by atoms with Crippen LogP contribution in [0.25, 0.3) is 5.57 Å². The molecule has 0 aliphatic carbocycles. The Morgan fingerprint density at radius 1 is 1.05 bits per heavy atom. The largest absolute Gasteiger partial charge is 0.497 e. The van der Waals surface area contributed by atoms with Gasteiger partial charge in [-0.05, 0) is 35.8 Å². The molecule has 0 spiro atoms. The number of carbonyl (C=O) groups excluding carboxylic acids is 1. The lowest BCUT2D eigenvalue weighted by atomic mass is 9.94. The van der Waals surface area contributed by atoms with E-state index in [0.29, 0.717) is 5.56 Å². The van der Waals surface area contributed by atoms with Crippen molar-refractivity contribution in [3.8, 4) is 5.75 Å². The number of hydrogen-bond acceptors (Lipinski definition) is 2. The number of carbonyl (C=O) groups is 1. The lowest BCUT2D eigenvalue weighted by Crippen LogP contribution is -1.94. The second kappa shape index (κ2) is 6.01. The predicted molar refractivity (Wildman–Crippen MR) is 77.6 cm³/mol. The zero-order valence-electron chi connectivity index (χ0n) is 11.1. The van der Waals surface area contributed by atoms with E-state index in [0.717, 1.165) is 28.7 Å². The Labute approximate surface area is 113 Å². The van der Waals surface area contributed by atoms with Crippen molar-refractivity contribution in [3.63, 3.8) is 0 Å². The van der Waals surface area contributed by atoms with Crippen LogP contribution in [0.15, 0.2) is 54.6 Å². The maximum atomic E-state index is 11.1. The molecule has 0 aliphatic heterocycles. The molecule has 2 rings (SSSR count). The molecule has 2 heteroatoms. The molecule has 0 saturated heterocycles. The Bertz CT molecular complexity index is 595. The summed E-state index contributed by atoms with van der Waals surface area (Å²) in [6, 6.07) is 15.4. The van der Waals surface area contributed by atoms with Crippen LogP contribution in [0, 0.1) is 0 Å². The van der Waals surface area contributed by atoms with Crippen LogP contribution < -0.4 is 4.74 Å². The summed E-state index contributed by atoms with van der Waals surface area (Å²) in [6.07, 6.45) is 2.91. The molecule has 0 radical (unpaired) electrons. The number of allylic oxidation sites excluding steroid dienone is 1. The molecule has 0 unspecified atom stereocenters.